The van der Waals surface area contributed by atoms with E-state index in [0.29, 0.717) is 16.9 Å². The van der Waals surface area contributed by atoms with Crippen molar-refractivity contribution in [1.29, 1.82) is 5.26 Å². The predicted molar refractivity (Wildman–Crippen MR) is 123 cm³/mol. The van der Waals surface area contributed by atoms with Gasteiger partial charge < -0.3 is 14.5 Å². The molecule has 0 unspecified atom stereocenters. The molecule has 0 spiro atoms. The molecule has 0 saturated heterocycles. The van der Waals surface area contributed by atoms with Crippen LogP contribution in [0, 0.1) is 35.3 Å². The Morgan fingerprint density at radius 3 is 2.64 bits per heavy atom. The van der Waals surface area contributed by atoms with E-state index in [1.54, 1.807) is 19.9 Å². The maximum absolute atomic E-state index is 12.7. The number of esters is 1. The Balaban J connectivity index is 1.87. The Hall–Kier alpha value is -3.94. The average molecular weight is 486 g/mol. The summed E-state index contributed by atoms with van der Waals surface area (Å²) in [6.07, 6.45) is 1.24. The number of anilines is 1. The van der Waals surface area contributed by atoms with E-state index in [4.69, 9.17) is 20.8 Å². The Bertz CT molecular complexity index is 1350. The van der Waals surface area contributed by atoms with Crippen molar-refractivity contribution in [3.63, 3.8) is 0 Å². The normalized spacial score (nSPS) is 11.1. The smallest absolute Gasteiger partial charge is 0.341 e. The van der Waals surface area contributed by atoms with Crippen molar-refractivity contribution in [3.8, 4) is 17.4 Å². The number of aryl methyl sites for hydroxylation is 1. The number of methoxy groups -OCH3 is 1. The first-order chi connectivity index (χ1) is 15.7. The first-order valence-electron chi connectivity index (χ1n) is 9.31. The number of nitro benzene ring substituents is 1. The molecule has 168 valence electrons. The molecule has 0 atom stereocenters. The number of nitro groups is 1. The molecular formula is C22H16ClN3O6S. The summed E-state index contributed by atoms with van der Waals surface area (Å²) in [5.74, 6) is -0.824. The van der Waals surface area contributed by atoms with Gasteiger partial charge in [0.2, 0.25) is 0 Å². The van der Waals surface area contributed by atoms with E-state index in [-0.39, 0.29) is 32.6 Å². The van der Waals surface area contributed by atoms with Crippen LogP contribution < -0.4 is 5.32 Å². The monoisotopic (exact) mass is 485 g/mol. The molecule has 33 heavy (non-hydrogen) atoms. The number of carbonyl (C=O) groups is 2. The quantitative estimate of drug-likeness (QED) is 0.159. The molecule has 1 amide bonds. The Kier molecular flexibility index (Phi) is 6.96. The fraction of sp³-hybridized carbons (Fsp3) is 0.136. The third kappa shape index (κ3) is 4.95. The van der Waals surface area contributed by atoms with E-state index in [0.717, 1.165) is 4.88 Å². The molecule has 0 aliphatic rings. The van der Waals surface area contributed by atoms with Crippen LogP contribution in [-0.4, -0.2) is 23.9 Å². The van der Waals surface area contributed by atoms with Gasteiger partial charge in [0.05, 0.1) is 22.6 Å². The lowest BCUT2D eigenvalue weighted by Gasteiger charge is -2.05. The van der Waals surface area contributed by atoms with Gasteiger partial charge in [0, 0.05) is 28.6 Å². The van der Waals surface area contributed by atoms with Gasteiger partial charge in [-0.2, -0.15) is 5.26 Å². The molecule has 0 aliphatic carbocycles. The summed E-state index contributed by atoms with van der Waals surface area (Å²) in [5.41, 5.74) is 0.908. The number of benzene rings is 1. The van der Waals surface area contributed by atoms with E-state index < -0.39 is 16.8 Å². The maximum Gasteiger partial charge on any atom is 0.341 e. The fourth-order valence-electron chi connectivity index (χ4n) is 2.92. The second-order valence-corrected chi connectivity index (χ2v) is 8.36. The number of ether oxygens (including phenoxy) is 1. The second-order valence-electron chi connectivity index (χ2n) is 6.73. The highest BCUT2D eigenvalue weighted by Gasteiger charge is 2.23. The van der Waals surface area contributed by atoms with Crippen molar-refractivity contribution in [3.05, 3.63) is 72.8 Å². The van der Waals surface area contributed by atoms with Crippen LogP contribution in [0.5, 0.6) is 0 Å². The molecule has 0 bridgehead atoms. The zero-order valence-corrected chi connectivity index (χ0v) is 19.2. The van der Waals surface area contributed by atoms with E-state index in [1.165, 1.54) is 48.8 Å². The number of furan rings is 1. The number of nitriles is 1. The fourth-order valence-corrected chi connectivity index (χ4v) is 4.23. The molecule has 1 N–H and O–H groups in total. The standard InChI is InChI=1S/C22H16ClN3O6S/c1-11-12(2)33-21(19(11)22(28)31-3)25-20(27)13(10-24)8-15-5-7-18(32-15)16-6-4-14(26(29)30)9-17(16)23/h4-9H,1-3H3,(H,25,27)/b13-8+. The van der Waals surface area contributed by atoms with Crippen molar-refractivity contribution in [2.45, 2.75) is 13.8 Å². The highest BCUT2D eigenvalue weighted by Crippen LogP contribution is 2.34. The van der Waals surface area contributed by atoms with Crippen LogP contribution in [-0.2, 0) is 9.53 Å². The number of hydrogen-bond acceptors (Lipinski definition) is 8. The van der Waals surface area contributed by atoms with Crippen LogP contribution in [0.1, 0.15) is 26.6 Å². The van der Waals surface area contributed by atoms with Crippen LogP contribution in [0.15, 0.2) is 40.3 Å². The number of carbonyl (C=O) groups excluding carboxylic acids is 2. The van der Waals surface area contributed by atoms with Crippen molar-refractivity contribution < 1.29 is 23.7 Å². The van der Waals surface area contributed by atoms with Crippen molar-refractivity contribution in [2.24, 2.45) is 0 Å². The van der Waals surface area contributed by atoms with Gasteiger partial charge in [0.25, 0.3) is 11.6 Å². The number of nitrogens with zero attached hydrogens (tertiary/aromatic N) is 2. The molecule has 11 heteroatoms. The minimum absolute atomic E-state index is 0.117. The van der Waals surface area contributed by atoms with Gasteiger partial charge in [-0.1, -0.05) is 11.6 Å². The Labute approximate surface area is 197 Å². The highest BCUT2D eigenvalue weighted by atomic mass is 35.5. The lowest BCUT2D eigenvalue weighted by molar-refractivity contribution is -0.384. The van der Waals surface area contributed by atoms with Gasteiger partial charge in [0.1, 0.15) is 28.2 Å². The Morgan fingerprint density at radius 2 is 2.03 bits per heavy atom. The summed E-state index contributed by atoms with van der Waals surface area (Å²) in [5, 5.41) is 23.3. The number of rotatable bonds is 6. The van der Waals surface area contributed by atoms with Crippen LogP contribution >= 0.6 is 22.9 Å². The van der Waals surface area contributed by atoms with Crippen molar-refractivity contribution >= 4 is 51.6 Å². The third-order valence-corrected chi connectivity index (χ3v) is 6.14. The van der Waals surface area contributed by atoms with Crippen molar-refractivity contribution in [2.75, 3.05) is 12.4 Å². The van der Waals surface area contributed by atoms with Crippen LogP contribution in [0.3, 0.4) is 0 Å². The van der Waals surface area contributed by atoms with Gasteiger partial charge in [-0.3, -0.25) is 14.9 Å². The van der Waals surface area contributed by atoms with E-state index in [9.17, 15) is 25.0 Å². The third-order valence-electron chi connectivity index (χ3n) is 4.71. The zero-order chi connectivity index (χ0) is 24.3. The van der Waals surface area contributed by atoms with Gasteiger partial charge in [0.15, 0.2) is 0 Å². The summed E-state index contributed by atoms with van der Waals surface area (Å²) in [6.45, 7) is 3.54. The molecule has 0 radical (unpaired) electrons. The van der Waals surface area contributed by atoms with E-state index in [1.807, 2.05) is 6.07 Å². The average Bonchev–Trinajstić information content (AvgIpc) is 3.35. The largest absolute Gasteiger partial charge is 0.465 e. The summed E-state index contributed by atoms with van der Waals surface area (Å²) in [4.78, 5) is 35.9. The summed E-state index contributed by atoms with van der Waals surface area (Å²) in [6, 6.07) is 8.83. The molecule has 2 aromatic heterocycles. The molecule has 3 aromatic rings. The van der Waals surface area contributed by atoms with Gasteiger partial charge in [-0.05, 0) is 37.6 Å². The number of non-ortho nitro benzene ring substituents is 1. The number of amides is 1. The zero-order valence-electron chi connectivity index (χ0n) is 17.6. The van der Waals surface area contributed by atoms with E-state index in [2.05, 4.69) is 5.32 Å². The van der Waals surface area contributed by atoms with Gasteiger partial charge in [-0.15, -0.1) is 11.3 Å². The molecule has 2 heterocycles. The molecule has 0 saturated carbocycles. The van der Waals surface area contributed by atoms with Crippen LogP contribution in [0.4, 0.5) is 10.7 Å². The van der Waals surface area contributed by atoms with Gasteiger partial charge >= 0.3 is 5.97 Å². The lowest BCUT2D eigenvalue weighted by Crippen LogP contribution is -2.15. The molecule has 0 fully saturated rings. The second kappa shape index (κ2) is 9.68. The number of halogens is 1. The van der Waals surface area contributed by atoms with E-state index >= 15 is 0 Å². The highest BCUT2D eigenvalue weighted by molar-refractivity contribution is 7.16. The topological polar surface area (TPSA) is 135 Å². The minimum atomic E-state index is -0.727. The predicted octanol–water partition coefficient (Wildman–Crippen LogP) is 5.52. The van der Waals surface area contributed by atoms with Gasteiger partial charge in [-0.25, -0.2) is 4.79 Å². The maximum atomic E-state index is 12.7. The molecule has 9 nitrogen and oxygen atoms in total. The molecular weight excluding hydrogens is 470 g/mol. The van der Waals surface area contributed by atoms with Crippen molar-refractivity contribution in [1.82, 2.24) is 0 Å². The summed E-state index contributed by atoms with van der Waals surface area (Å²) >= 11 is 7.32. The molecule has 0 aliphatic heterocycles. The lowest BCUT2D eigenvalue weighted by atomic mass is 10.1. The first kappa shape index (κ1) is 23.7. The molecule has 3 rings (SSSR count). The summed E-state index contributed by atoms with van der Waals surface area (Å²) in [7, 11) is 1.24. The SMILES string of the molecule is COC(=O)c1c(NC(=O)/C(C#N)=C/c2ccc(-c3ccc([N+](=O)[O-])cc3Cl)o2)sc(C)c1C. The first-order valence-corrected chi connectivity index (χ1v) is 10.5. The van der Waals surface area contributed by atoms with Crippen LogP contribution in [0.2, 0.25) is 5.02 Å². The Morgan fingerprint density at radius 1 is 1.30 bits per heavy atom. The minimum Gasteiger partial charge on any atom is -0.465 e. The summed E-state index contributed by atoms with van der Waals surface area (Å²) < 4.78 is 10.4. The van der Waals surface area contributed by atoms with Crippen LogP contribution in [0.25, 0.3) is 17.4 Å². The molecule has 1 aromatic carbocycles. The number of thiophene rings is 1. The number of nitrogens with one attached hydrogen (secondary N) is 1. The number of hydrogen-bond donors (Lipinski definition) is 1.